The smallest absolute Gasteiger partial charge is 0.365 e. The van der Waals surface area contributed by atoms with Crippen LogP contribution in [0, 0.1) is 6.92 Å². The first-order chi connectivity index (χ1) is 7.56. The number of benzene rings is 1. The second kappa shape index (κ2) is 5.48. The number of methoxy groups -OCH3 is 1. The van der Waals surface area contributed by atoms with Crippen LogP contribution in [-0.4, -0.2) is 25.2 Å². The van der Waals surface area contributed by atoms with Gasteiger partial charge in [0.15, 0.2) is 0 Å². The zero-order chi connectivity index (χ0) is 12.1. The summed E-state index contributed by atoms with van der Waals surface area (Å²) in [7, 11) is 3.23. The molecule has 0 aliphatic carbocycles. The Morgan fingerprint density at radius 1 is 1.56 bits per heavy atom. The Labute approximate surface area is 95.2 Å². The van der Waals surface area contributed by atoms with Crippen molar-refractivity contribution in [2.45, 2.75) is 13.5 Å². The third-order valence-corrected chi connectivity index (χ3v) is 2.29. The highest BCUT2D eigenvalue weighted by atomic mass is 16.5. The molecule has 0 fully saturated rings. The summed E-state index contributed by atoms with van der Waals surface area (Å²) in [5.41, 5.74) is 2.84. The fourth-order valence-corrected chi connectivity index (χ4v) is 1.37. The van der Waals surface area contributed by atoms with Gasteiger partial charge in [-0.1, -0.05) is 12.1 Å². The third kappa shape index (κ3) is 2.95. The molecule has 1 aromatic carbocycles. The maximum atomic E-state index is 11.5. The predicted molar refractivity (Wildman–Crippen MR) is 61.6 cm³/mol. The van der Waals surface area contributed by atoms with Gasteiger partial charge in [-0.05, 0) is 18.6 Å². The van der Waals surface area contributed by atoms with E-state index < -0.39 is 0 Å². The summed E-state index contributed by atoms with van der Waals surface area (Å²) < 4.78 is 5.11. The quantitative estimate of drug-likeness (QED) is 0.744. The van der Waals surface area contributed by atoms with Crippen molar-refractivity contribution >= 4 is 11.7 Å². The highest BCUT2D eigenvalue weighted by molar-refractivity contribution is 5.89. The van der Waals surface area contributed by atoms with Crippen molar-refractivity contribution in [2.75, 3.05) is 19.5 Å². The van der Waals surface area contributed by atoms with E-state index in [-0.39, 0.29) is 6.03 Å². The van der Waals surface area contributed by atoms with E-state index in [1.165, 1.54) is 5.01 Å². The number of anilines is 1. The largest absolute Gasteiger partial charge is 0.380 e. The van der Waals surface area contributed by atoms with Gasteiger partial charge in [-0.2, -0.15) is 5.01 Å². The number of nitrogens with zero attached hydrogens (tertiary/aromatic N) is 1. The number of aryl methyl sites for hydroxylation is 1. The van der Waals surface area contributed by atoms with E-state index in [4.69, 9.17) is 4.74 Å². The standard InChI is InChI=1S/C11H17N3O2/c1-8-5-4-6-10(9(8)7-16-3)13-11(15)14(2)12/h4-6H,7,12H2,1-3H3,(H,13,15)/p+1. The van der Waals surface area contributed by atoms with E-state index >= 15 is 0 Å². The lowest BCUT2D eigenvalue weighted by Gasteiger charge is -2.14. The van der Waals surface area contributed by atoms with Gasteiger partial charge in [-0.15, -0.1) is 0 Å². The minimum Gasteiger partial charge on any atom is -0.380 e. The molecule has 16 heavy (non-hydrogen) atoms. The van der Waals surface area contributed by atoms with Crippen molar-refractivity contribution in [3.05, 3.63) is 29.3 Å². The molecule has 0 aliphatic rings. The molecule has 2 amide bonds. The zero-order valence-corrected chi connectivity index (χ0v) is 9.91. The number of ether oxygens (including phenoxy) is 1. The number of nitrogens with one attached hydrogen (secondary N) is 1. The molecule has 0 saturated heterocycles. The molecule has 0 aliphatic heterocycles. The number of quaternary nitrogens is 1. The Bertz CT molecular complexity index is 377. The number of carbonyl (C=O) groups excluding carboxylic acids is 1. The first-order valence-electron chi connectivity index (χ1n) is 4.99. The number of hydrogen-bond donors (Lipinski definition) is 2. The van der Waals surface area contributed by atoms with E-state index in [1.807, 2.05) is 25.1 Å². The molecule has 0 atom stereocenters. The molecule has 0 saturated carbocycles. The Balaban J connectivity index is 2.94. The van der Waals surface area contributed by atoms with Gasteiger partial charge in [-0.3, -0.25) is 5.84 Å². The van der Waals surface area contributed by atoms with Gasteiger partial charge in [0, 0.05) is 18.4 Å². The molecule has 5 nitrogen and oxygen atoms in total. The van der Waals surface area contributed by atoms with Gasteiger partial charge in [0.05, 0.1) is 13.7 Å². The Morgan fingerprint density at radius 2 is 2.25 bits per heavy atom. The molecule has 1 rings (SSSR count). The summed E-state index contributed by atoms with van der Waals surface area (Å²) >= 11 is 0. The second-order valence-electron chi connectivity index (χ2n) is 3.66. The lowest BCUT2D eigenvalue weighted by Crippen LogP contribution is -2.68. The Kier molecular flexibility index (Phi) is 4.28. The maximum absolute atomic E-state index is 11.5. The first-order valence-corrected chi connectivity index (χ1v) is 4.99. The third-order valence-electron chi connectivity index (χ3n) is 2.29. The van der Waals surface area contributed by atoms with E-state index in [0.717, 1.165) is 16.8 Å². The SMILES string of the molecule is COCc1c(C)cccc1NC(=O)N(C)[NH3+]. The molecule has 0 radical (unpaired) electrons. The van der Waals surface area contributed by atoms with Gasteiger partial charge >= 0.3 is 6.03 Å². The van der Waals surface area contributed by atoms with Crippen LogP contribution in [0.5, 0.6) is 0 Å². The van der Waals surface area contributed by atoms with Gasteiger partial charge in [0.25, 0.3) is 0 Å². The van der Waals surface area contributed by atoms with Gasteiger partial charge in [0.1, 0.15) is 0 Å². The minimum atomic E-state index is -0.247. The van der Waals surface area contributed by atoms with Crippen LogP contribution < -0.4 is 11.2 Å². The number of amides is 2. The number of rotatable bonds is 3. The average Bonchev–Trinajstić information content (AvgIpc) is 2.23. The maximum Gasteiger partial charge on any atom is 0.365 e. The monoisotopic (exact) mass is 224 g/mol. The van der Waals surface area contributed by atoms with Crippen molar-refractivity contribution in [3.8, 4) is 0 Å². The Hall–Kier alpha value is -1.59. The van der Waals surface area contributed by atoms with Crippen LogP contribution in [0.2, 0.25) is 0 Å². The first kappa shape index (κ1) is 12.5. The van der Waals surface area contributed by atoms with Crippen LogP contribution in [0.25, 0.3) is 0 Å². The van der Waals surface area contributed by atoms with Crippen LogP contribution in [-0.2, 0) is 11.3 Å². The summed E-state index contributed by atoms with van der Waals surface area (Å²) in [6.45, 7) is 2.46. The molecule has 0 spiro atoms. The predicted octanol–water partition coefficient (Wildman–Crippen LogP) is 0.762. The molecule has 4 N–H and O–H groups in total. The highest BCUT2D eigenvalue weighted by Gasteiger charge is 2.11. The molecular weight excluding hydrogens is 206 g/mol. The summed E-state index contributed by atoms with van der Waals surface area (Å²) in [6.07, 6.45) is 0. The topological polar surface area (TPSA) is 69.2 Å². The molecule has 88 valence electrons. The van der Waals surface area contributed by atoms with Crippen molar-refractivity contribution in [3.63, 3.8) is 0 Å². The summed E-state index contributed by atoms with van der Waals surface area (Å²) in [6, 6.07) is 5.48. The van der Waals surface area contributed by atoms with E-state index in [0.29, 0.717) is 6.61 Å². The fraction of sp³-hybridized carbons (Fsp3) is 0.364. The summed E-state index contributed by atoms with van der Waals surface area (Å²) in [5.74, 6) is 3.52. The Morgan fingerprint density at radius 3 is 2.81 bits per heavy atom. The molecule has 0 bridgehead atoms. The van der Waals surface area contributed by atoms with Crippen molar-refractivity contribution in [1.29, 1.82) is 0 Å². The van der Waals surface area contributed by atoms with E-state index in [1.54, 1.807) is 14.2 Å². The number of urea groups is 1. The molecule has 0 unspecified atom stereocenters. The zero-order valence-electron chi connectivity index (χ0n) is 9.91. The second-order valence-corrected chi connectivity index (χ2v) is 3.66. The van der Waals surface area contributed by atoms with Crippen LogP contribution >= 0.6 is 0 Å². The number of carbonyl (C=O) groups is 1. The van der Waals surface area contributed by atoms with Crippen molar-refractivity contribution < 1.29 is 15.4 Å². The minimum absolute atomic E-state index is 0.247. The molecule has 0 aromatic heterocycles. The fourth-order valence-electron chi connectivity index (χ4n) is 1.37. The number of hydrogen-bond acceptors (Lipinski definition) is 2. The average molecular weight is 224 g/mol. The molecule has 5 heteroatoms. The molecule has 0 heterocycles. The summed E-state index contributed by atoms with van der Waals surface area (Å²) in [4.78, 5) is 11.5. The molecule has 1 aromatic rings. The summed E-state index contributed by atoms with van der Waals surface area (Å²) in [5, 5.41) is 4.03. The normalized spacial score (nSPS) is 10.0. The highest BCUT2D eigenvalue weighted by Crippen LogP contribution is 2.20. The van der Waals surface area contributed by atoms with Crippen LogP contribution in [0.15, 0.2) is 18.2 Å². The van der Waals surface area contributed by atoms with Gasteiger partial charge in [-0.25, -0.2) is 4.79 Å². The molecular formula is C11H18N3O2+. The van der Waals surface area contributed by atoms with Gasteiger partial charge < -0.3 is 10.1 Å². The van der Waals surface area contributed by atoms with E-state index in [9.17, 15) is 4.79 Å². The van der Waals surface area contributed by atoms with Crippen molar-refractivity contribution in [1.82, 2.24) is 5.01 Å². The van der Waals surface area contributed by atoms with Crippen LogP contribution in [0.4, 0.5) is 10.5 Å². The van der Waals surface area contributed by atoms with Crippen molar-refractivity contribution in [2.24, 2.45) is 0 Å². The van der Waals surface area contributed by atoms with E-state index in [2.05, 4.69) is 11.2 Å². The van der Waals surface area contributed by atoms with Gasteiger partial charge in [0.2, 0.25) is 0 Å². The lowest BCUT2D eigenvalue weighted by atomic mass is 10.1. The van der Waals surface area contributed by atoms with Crippen LogP contribution in [0.1, 0.15) is 11.1 Å². The lowest BCUT2D eigenvalue weighted by molar-refractivity contribution is -0.537. The van der Waals surface area contributed by atoms with Crippen LogP contribution in [0.3, 0.4) is 0 Å².